The monoisotopic (exact) mass is 311 g/mol. The molecule has 0 bridgehead atoms. The third-order valence-electron chi connectivity index (χ3n) is 4.07. The molecule has 0 unspecified atom stereocenters. The zero-order chi connectivity index (χ0) is 15.8. The second-order valence-corrected chi connectivity index (χ2v) is 5.49. The summed E-state index contributed by atoms with van der Waals surface area (Å²) in [6.07, 6.45) is 2.19. The van der Waals surface area contributed by atoms with Crippen LogP contribution in [0.25, 0.3) is 11.3 Å². The Hall–Kier alpha value is -2.89. The van der Waals surface area contributed by atoms with Crippen molar-refractivity contribution >= 4 is 5.91 Å². The van der Waals surface area contributed by atoms with Gasteiger partial charge in [-0.05, 0) is 36.4 Å². The minimum absolute atomic E-state index is 0.132. The largest absolute Gasteiger partial charge is 0.459 e. The third kappa shape index (κ3) is 2.42. The molecule has 0 spiro atoms. The lowest BCUT2D eigenvalue weighted by molar-refractivity contribution is 0.0702. The van der Waals surface area contributed by atoms with E-state index in [1.807, 2.05) is 0 Å². The molecule has 4 rings (SSSR count). The Bertz CT molecular complexity index is 837. The molecule has 2 aromatic heterocycles. The van der Waals surface area contributed by atoms with Gasteiger partial charge >= 0.3 is 0 Å². The number of aromatic nitrogens is 2. The summed E-state index contributed by atoms with van der Waals surface area (Å²) in [5.41, 5.74) is 3.59. The molecule has 116 valence electrons. The van der Waals surface area contributed by atoms with Crippen LogP contribution in [0.2, 0.25) is 0 Å². The van der Waals surface area contributed by atoms with Crippen molar-refractivity contribution < 1.29 is 13.6 Å². The van der Waals surface area contributed by atoms with E-state index in [4.69, 9.17) is 4.42 Å². The van der Waals surface area contributed by atoms with E-state index in [-0.39, 0.29) is 11.7 Å². The first-order chi connectivity index (χ1) is 11.2. The molecule has 3 aromatic rings. The number of carbonyl (C=O) groups excluding carboxylic acids is 1. The Morgan fingerprint density at radius 3 is 2.83 bits per heavy atom. The Kier molecular flexibility index (Phi) is 3.22. The zero-order valence-corrected chi connectivity index (χ0v) is 12.3. The molecule has 1 amide bonds. The number of nitrogens with zero attached hydrogens (tertiary/aromatic N) is 2. The van der Waals surface area contributed by atoms with E-state index in [1.165, 1.54) is 18.4 Å². The fraction of sp³-hybridized carbons (Fsp3) is 0.176. The topological polar surface area (TPSA) is 62.1 Å². The number of hydrogen-bond acceptors (Lipinski definition) is 3. The average Bonchev–Trinajstić information content (AvgIpc) is 3.24. The maximum absolute atomic E-state index is 13.1. The van der Waals surface area contributed by atoms with Gasteiger partial charge in [0.05, 0.1) is 18.5 Å². The number of hydrogen-bond donors (Lipinski definition) is 1. The normalized spacial score (nSPS) is 13.9. The maximum Gasteiger partial charge on any atom is 0.289 e. The lowest BCUT2D eigenvalue weighted by atomic mass is 10.0. The molecule has 0 saturated heterocycles. The molecule has 1 N–H and O–H groups in total. The summed E-state index contributed by atoms with van der Waals surface area (Å²) in [7, 11) is 0. The van der Waals surface area contributed by atoms with Crippen LogP contribution in [0.1, 0.15) is 21.8 Å². The lowest BCUT2D eigenvalue weighted by Crippen LogP contribution is -2.35. The number of H-pyrrole nitrogens is 1. The molecular formula is C17H14FN3O2. The van der Waals surface area contributed by atoms with Crippen LogP contribution in [0.15, 0.2) is 47.1 Å². The number of nitrogens with one attached hydrogen (secondary N) is 1. The molecule has 1 aromatic carbocycles. The first-order valence-electron chi connectivity index (χ1n) is 7.37. The molecule has 0 saturated carbocycles. The van der Waals surface area contributed by atoms with Crippen molar-refractivity contribution in [1.82, 2.24) is 15.1 Å². The number of aromatic amines is 1. The Balaban J connectivity index is 1.65. The fourth-order valence-corrected chi connectivity index (χ4v) is 2.87. The first kappa shape index (κ1) is 13.8. The first-order valence-corrected chi connectivity index (χ1v) is 7.37. The van der Waals surface area contributed by atoms with E-state index >= 15 is 0 Å². The lowest BCUT2D eigenvalue weighted by Gasteiger charge is -2.26. The number of halogens is 1. The number of carbonyl (C=O) groups is 1. The zero-order valence-electron chi connectivity index (χ0n) is 12.3. The van der Waals surface area contributed by atoms with E-state index in [2.05, 4.69) is 10.2 Å². The van der Waals surface area contributed by atoms with Gasteiger partial charge in [0.1, 0.15) is 5.82 Å². The number of fused-ring (bicyclic) bond motifs is 1. The van der Waals surface area contributed by atoms with Crippen LogP contribution >= 0.6 is 0 Å². The number of rotatable bonds is 2. The van der Waals surface area contributed by atoms with E-state index in [0.29, 0.717) is 25.3 Å². The maximum atomic E-state index is 13.1. The van der Waals surface area contributed by atoms with Crippen molar-refractivity contribution in [3.8, 4) is 11.3 Å². The van der Waals surface area contributed by atoms with Gasteiger partial charge in [-0.3, -0.25) is 9.89 Å². The molecular weight excluding hydrogens is 297 g/mol. The van der Waals surface area contributed by atoms with Crippen molar-refractivity contribution in [2.24, 2.45) is 0 Å². The fourth-order valence-electron chi connectivity index (χ4n) is 2.87. The van der Waals surface area contributed by atoms with Crippen LogP contribution < -0.4 is 0 Å². The Morgan fingerprint density at radius 1 is 1.26 bits per heavy atom. The molecule has 1 aliphatic heterocycles. The molecule has 3 heterocycles. The summed E-state index contributed by atoms with van der Waals surface area (Å²) in [6, 6.07) is 9.56. The van der Waals surface area contributed by atoms with Crippen molar-refractivity contribution in [2.75, 3.05) is 6.54 Å². The van der Waals surface area contributed by atoms with Gasteiger partial charge in [0.15, 0.2) is 5.76 Å². The van der Waals surface area contributed by atoms with Gasteiger partial charge in [-0.2, -0.15) is 5.10 Å². The van der Waals surface area contributed by atoms with Crippen LogP contribution in [0.5, 0.6) is 0 Å². The van der Waals surface area contributed by atoms with E-state index in [0.717, 1.165) is 22.5 Å². The van der Waals surface area contributed by atoms with Crippen molar-refractivity contribution in [2.45, 2.75) is 13.0 Å². The Labute approximate surface area is 131 Å². The van der Waals surface area contributed by atoms with E-state index < -0.39 is 0 Å². The van der Waals surface area contributed by atoms with Crippen LogP contribution in [-0.4, -0.2) is 27.5 Å². The number of amides is 1. The van der Waals surface area contributed by atoms with Gasteiger partial charge in [-0.15, -0.1) is 0 Å². The van der Waals surface area contributed by atoms with Gasteiger partial charge in [0.25, 0.3) is 5.91 Å². The molecule has 6 heteroatoms. The highest BCUT2D eigenvalue weighted by Crippen LogP contribution is 2.29. The predicted octanol–water partition coefficient (Wildman–Crippen LogP) is 3.01. The second-order valence-electron chi connectivity index (χ2n) is 5.49. The summed E-state index contributed by atoms with van der Waals surface area (Å²) < 4.78 is 18.3. The summed E-state index contributed by atoms with van der Waals surface area (Å²) in [6.45, 7) is 1.07. The van der Waals surface area contributed by atoms with Crippen LogP contribution in [0.4, 0.5) is 4.39 Å². The standard InChI is InChI=1S/C17H14FN3O2/c18-12-5-3-11(4-6-12)16-13-10-21(8-7-14(13)19-20-16)17(22)15-2-1-9-23-15/h1-6,9H,7-8,10H2,(H,19,20). The van der Waals surface area contributed by atoms with E-state index in [1.54, 1.807) is 29.2 Å². The summed E-state index contributed by atoms with van der Waals surface area (Å²) in [4.78, 5) is 14.2. The van der Waals surface area contributed by atoms with Crippen molar-refractivity contribution in [1.29, 1.82) is 0 Å². The van der Waals surface area contributed by atoms with Crippen molar-refractivity contribution in [3.05, 3.63) is 65.5 Å². The van der Waals surface area contributed by atoms with Gasteiger partial charge < -0.3 is 9.32 Å². The highest BCUT2D eigenvalue weighted by atomic mass is 19.1. The summed E-state index contributed by atoms with van der Waals surface area (Å²) in [5.74, 6) is -0.0834. The second kappa shape index (κ2) is 5.39. The molecule has 0 atom stereocenters. The quantitative estimate of drug-likeness (QED) is 0.791. The minimum Gasteiger partial charge on any atom is -0.459 e. The highest BCUT2D eigenvalue weighted by molar-refractivity contribution is 5.91. The molecule has 5 nitrogen and oxygen atoms in total. The van der Waals surface area contributed by atoms with Gasteiger partial charge in [-0.1, -0.05) is 0 Å². The van der Waals surface area contributed by atoms with Gasteiger partial charge in [-0.25, -0.2) is 4.39 Å². The molecule has 23 heavy (non-hydrogen) atoms. The molecule has 0 aliphatic carbocycles. The smallest absolute Gasteiger partial charge is 0.289 e. The van der Waals surface area contributed by atoms with Crippen molar-refractivity contribution in [3.63, 3.8) is 0 Å². The summed E-state index contributed by atoms with van der Waals surface area (Å²) in [5, 5.41) is 7.37. The van der Waals surface area contributed by atoms with Crippen LogP contribution in [0.3, 0.4) is 0 Å². The SMILES string of the molecule is O=C(c1ccco1)N1CCc2[nH]nc(-c3ccc(F)cc3)c2C1. The average molecular weight is 311 g/mol. The number of benzene rings is 1. The van der Waals surface area contributed by atoms with Crippen LogP contribution in [0, 0.1) is 5.82 Å². The highest BCUT2D eigenvalue weighted by Gasteiger charge is 2.27. The molecule has 0 fully saturated rings. The minimum atomic E-state index is -0.284. The van der Waals surface area contributed by atoms with Gasteiger partial charge in [0.2, 0.25) is 0 Å². The third-order valence-corrected chi connectivity index (χ3v) is 4.07. The number of furan rings is 1. The van der Waals surface area contributed by atoms with Crippen LogP contribution in [-0.2, 0) is 13.0 Å². The van der Waals surface area contributed by atoms with Gasteiger partial charge in [0, 0.05) is 29.8 Å². The Morgan fingerprint density at radius 2 is 2.09 bits per heavy atom. The predicted molar refractivity (Wildman–Crippen MR) is 81.1 cm³/mol. The van der Waals surface area contributed by atoms with E-state index in [9.17, 15) is 9.18 Å². The summed E-state index contributed by atoms with van der Waals surface area (Å²) >= 11 is 0. The molecule has 0 radical (unpaired) electrons. The molecule has 1 aliphatic rings.